The van der Waals surface area contributed by atoms with Gasteiger partial charge in [0.2, 0.25) is 0 Å². The standard InChI is InChI=1S/C20H19NSSi/c1-23(2,3)14-11-12-18(21-13-14)17-9-6-8-16-15-7-4-5-10-19(15)22-20(16)17/h4-13H,1-3H3. The molecular weight excluding hydrogens is 314 g/mol. The zero-order valence-electron chi connectivity index (χ0n) is 13.6. The number of rotatable bonds is 2. The first kappa shape index (κ1) is 14.6. The Bertz CT molecular complexity index is 994. The van der Waals surface area contributed by atoms with E-state index in [9.17, 15) is 0 Å². The highest BCUT2D eigenvalue weighted by Gasteiger charge is 2.17. The van der Waals surface area contributed by atoms with Gasteiger partial charge in [-0.25, -0.2) is 0 Å². The van der Waals surface area contributed by atoms with Gasteiger partial charge in [-0.05, 0) is 17.3 Å². The molecule has 23 heavy (non-hydrogen) atoms. The van der Waals surface area contributed by atoms with E-state index in [4.69, 9.17) is 4.98 Å². The summed E-state index contributed by atoms with van der Waals surface area (Å²) >= 11 is 1.86. The van der Waals surface area contributed by atoms with Crippen molar-refractivity contribution in [2.45, 2.75) is 19.6 Å². The van der Waals surface area contributed by atoms with Gasteiger partial charge in [0.05, 0.1) is 13.8 Å². The van der Waals surface area contributed by atoms with E-state index in [1.165, 1.54) is 30.9 Å². The topological polar surface area (TPSA) is 12.9 Å². The number of thiophene rings is 1. The molecule has 0 N–H and O–H groups in total. The second-order valence-corrected chi connectivity index (χ2v) is 13.1. The monoisotopic (exact) mass is 333 g/mol. The quantitative estimate of drug-likeness (QED) is 0.431. The van der Waals surface area contributed by atoms with Gasteiger partial charge in [-0.2, -0.15) is 0 Å². The van der Waals surface area contributed by atoms with Crippen molar-refractivity contribution >= 4 is 44.8 Å². The van der Waals surface area contributed by atoms with E-state index < -0.39 is 8.07 Å². The van der Waals surface area contributed by atoms with Crippen LogP contribution in [0.2, 0.25) is 19.6 Å². The van der Waals surface area contributed by atoms with Crippen LogP contribution in [0.15, 0.2) is 60.8 Å². The van der Waals surface area contributed by atoms with Crippen molar-refractivity contribution in [2.24, 2.45) is 0 Å². The number of hydrogen-bond acceptors (Lipinski definition) is 2. The number of nitrogens with zero attached hydrogens (tertiary/aromatic N) is 1. The molecule has 0 aliphatic heterocycles. The first-order valence-corrected chi connectivity index (χ1v) is 12.2. The summed E-state index contributed by atoms with van der Waals surface area (Å²) in [5.41, 5.74) is 2.31. The molecule has 0 amide bonds. The average molecular weight is 334 g/mol. The fourth-order valence-corrected chi connectivity index (χ4v) is 5.21. The summed E-state index contributed by atoms with van der Waals surface area (Å²) in [5, 5.41) is 4.08. The SMILES string of the molecule is C[Si](C)(C)c1ccc(-c2cccc3c2sc2ccccc23)nc1. The molecule has 114 valence electrons. The maximum absolute atomic E-state index is 4.78. The average Bonchev–Trinajstić information content (AvgIpc) is 2.93. The van der Waals surface area contributed by atoms with Gasteiger partial charge in [0.1, 0.15) is 0 Å². The van der Waals surface area contributed by atoms with Crippen LogP contribution in [-0.2, 0) is 0 Å². The molecule has 0 fully saturated rings. The van der Waals surface area contributed by atoms with Gasteiger partial charge < -0.3 is 0 Å². The first-order valence-electron chi connectivity index (χ1n) is 7.91. The molecule has 0 saturated heterocycles. The van der Waals surface area contributed by atoms with Crippen LogP contribution in [0, 0.1) is 0 Å². The molecule has 2 aromatic heterocycles. The molecule has 4 rings (SSSR count). The second-order valence-electron chi connectivity index (χ2n) is 6.96. The molecule has 2 aromatic carbocycles. The predicted octanol–water partition coefficient (Wildman–Crippen LogP) is 5.66. The van der Waals surface area contributed by atoms with Gasteiger partial charge >= 0.3 is 0 Å². The Morgan fingerprint density at radius 2 is 1.61 bits per heavy atom. The van der Waals surface area contributed by atoms with Gasteiger partial charge in [0.15, 0.2) is 0 Å². The first-order chi connectivity index (χ1) is 11.0. The summed E-state index contributed by atoms with van der Waals surface area (Å²) in [5.74, 6) is 0. The van der Waals surface area contributed by atoms with Crippen molar-refractivity contribution in [1.82, 2.24) is 4.98 Å². The summed E-state index contributed by atoms with van der Waals surface area (Å²) in [4.78, 5) is 4.78. The Morgan fingerprint density at radius 3 is 2.35 bits per heavy atom. The lowest BCUT2D eigenvalue weighted by Gasteiger charge is -2.16. The van der Waals surface area contributed by atoms with Crippen molar-refractivity contribution in [1.29, 1.82) is 0 Å². The van der Waals surface area contributed by atoms with Crippen LogP contribution < -0.4 is 5.19 Å². The molecule has 0 unspecified atom stereocenters. The zero-order chi connectivity index (χ0) is 16.0. The Kier molecular flexibility index (Phi) is 3.36. The van der Waals surface area contributed by atoms with Crippen LogP contribution in [0.3, 0.4) is 0 Å². The lowest BCUT2D eigenvalue weighted by molar-refractivity contribution is 1.35. The van der Waals surface area contributed by atoms with E-state index in [-0.39, 0.29) is 0 Å². The van der Waals surface area contributed by atoms with Gasteiger partial charge in [-0.15, -0.1) is 11.3 Å². The minimum atomic E-state index is -1.30. The van der Waals surface area contributed by atoms with Gasteiger partial charge in [0.25, 0.3) is 0 Å². The molecule has 0 spiro atoms. The highest BCUT2D eigenvalue weighted by Crippen LogP contribution is 2.38. The Balaban J connectivity index is 1.92. The van der Waals surface area contributed by atoms with Crippen LogP contribution in [0.25, 0.3) is 31.4 Å². The highest BCUT2D eigenvalue weighted by molar-refractivity contribution is 7.26. The number of benzene rings is 2. The lowest BCUT2D eigenvalue weighted by atomic mass is 10.1. The van der Waals surface area contributed by atoms with Crippen LogP contribution in [0.1, 0.15) is 0 Å². The van der Waals surface area contributed by atoms with E-state index in [1.807, 2.05) is 11.3 Å². The summed E-state index contributed by atoms with van der Waals surface area (Å²) in [6.07, 6.45) is 2.08. The van der Waals surface area contributed by atoms with Crippen LogP contribution in [0.4, 0.5) is 0 Å². The number of fused-ring (bicyclic) bond motifs is 3. The van der Waals surface area contributed by atoms with E-state index >= 15 is 0 Å². The minimum absolute atomic E-state index is 1.07. The molecule has 2 heterocycles. The molecule has 0 aliphatic rings. The molecule has 0 atom stereocenters. The largest absolute Gasteiger partial charge is 0.256 e. The minimum Gasteiger partial charge on any atom is -0.256 e. The van der Waals surface area contributed by atoms with E-state index in [2.05, 4.69) is 80.4 Å². The van der Waals surface area contributed by atoms with Crippen LogP contribution in [0.5, 0.6) is 0 Å². The van der Waals surface area contributed by atoms with Gasteiger partial charge in [-0.3, -0.25) is 4.98 Å². The van der Waals surface area contributed by atoms with Gasteiger partial charge in [-0.1, -0.05) is 62.1 Å². The maximum Gasteiger partial charge on any atom is 0.0796 e. The van der Waals surface area contributed by atoms with Crippen molar-refractivity contribution < 1.29 is 0 Å². The predicted molar refractivity (Wildman–Crippen MR) is 106 cm³/mol. The van der Waals surface area contributed by atoms with Crippen molar-refractivity contribution in [3.63, 3.8) is 0 Å². The fraction of sp³-hybridized carbons (Fsp3) is 0.150. The molecule has 3 heteroatoms. The Labute approximate surface area is 141 Å². The van der Waals surface area contributed by atoms with E-state index in [0.29, 0.717) is 0 Å². The number of aromatic nitrogens is 1. The molecule has 0 aliphatic carbocycles. The molecule has 1 nitrogen and oxygen atoms in total. The van der Waals surface area contributed by atoms with Crippen LogP contribution in [-0.4, -0.2) is 13.1 Å². The van der Waals surface area contributed by atoms with E-state index in [1.54, 1.807) is 0 Å². The lowest BCUT2D eigenvalue weighted by Crippen LogP contribution is -2.37. The summed E-state index contributed by atoms with van der Waals surface area (Å²) in [7, 11) is -1.30. The van der Waals surface area contributed by atoms with Crippen LogP contribution >= 0.6 is 11.3 Å². The Morgan fingerprint density at radius 1 is 0.826 bits per heavy atom. The van der Waals surface area contributed by atoms with Gasteiger partial charge in [0, 0.05) is 31.9 Å². The summed E-state index contributed by atoms with van der Waals surface area (Å²) in [6, 6.07) is 19.6. The number of hydrogen-bond donors (Lipinski definition) is 0. The molecule has 0 bridgehead atoms. The Hall–Kier alpha value is -1.97. The second kappa shape index (κ2) is 5.29. The normalized spacial score (nSPS) is 12.1. The van der Waals surface area contributed by atoms with E-state index in [0.717, 1.165) is 5.69 Å². The number of pyridine rings is 1. The van der Waals surface area contributed by atoms with Crippen molar-refractivity contribution in [3.05, 3.63) is 60.8 Å². The molecule has 0 radical (unpaired) electrons. The third-order valence-electron chi connectivity index (χ3n) is 4.31. The maximum atomic E-state index is 4.78. The molecule has 4 aromatic rings. The third-order valence-corrected chi connectivity index (χ3v) is 7.56. The molecule has 0 saturated carbocycles. The zero-order valence-corrected chi connectivity index (χ0v) is 15.4. The van der Waals surface area contributed by atoms with Crippen molar-refractivity contribution in [2.75, 3.05) is 0 Å². The third kappa shape index (κ3) is 2.50. The highest BCUT2D eigenvalue weighted by atomic mass is 32.1. The fourth-order valence-electron chi connectivity index (χ4n) is 2.95. The summed E-state index contributed by atoms with van der Waals surface area (Å²) < 4.78 is 2.68. The smallest absolute Gasteiger partial charge is 0.0796 e. The van der Waals surface area contributed by atoms with Crippen molar-refractivity contribution in [3.8, 4) is 11.3 Å². The summed E-state index contributed by atoms with van der Waals surface area (Å²) in [6.45, 7) is 7.07. The molecular formula is C20H19NSSi.